The first-order chi connectivity index (χ1) is 8.54. The molecule has 0 bridgehead atoms. The van der Waals surface area contributed by atoms with Gasteiger partial charge in [-0.3, -0.25) is 4.98 Å². The van der Waals surface area contributed by atoms with Crippen molar-refractivity contribution in [1.29, 1.82) is 0 Å². The number of para-hydroxylation sites is 1. The molecule has 0 aliphatic heterocycles. The molecule has 2 nitrogen and oxygen atoms in total. The van der Waals surface area contributed by atoms with Gasteiger partial charge in [0.2, 0.25) is 0 Å². The number of pyridine rings is 1. The molecule has 1 N–H and O–H groups in total. The number of fused-ring (bicyclic) bond motifs is 1. The molecule has 0 fully saturated rings. The Morgan fingerprint density at radius 3 is 2.67 bits per heavy atom. The van der Waals surface area contributed by atoms with Gasteiger partial charge in [-0.25, -0.2) is 0 Å². The van der Waals surface area contributed by atoms with Gasteiger partial charge in [0.1, 0.15) is 0 Å². The average Bonchev–Trinajstić information content (AvgIpc) is 2.37. The molecule has 0 saturated heterocycles. The fraction of sp³-hybridized carbons (Fsp3) is 0.438. The zero-order valence-corrected chi connectivity index (χ0v) is 11.7. The van der Waals surface area contributed by atoms with Crippen molar-refractivity contribution in [3.8, 4) is 0 Å². The molecule has 1 aromatic carbocycles. The number of hydrogen-bond acceptors (Lipinski definition) is 2. The van der Waals surface area contributed by atoms with E-state index in [4.69, 9.17) is 0 Å². The second-order valence-electron chi connectivity index (χ2n) is 5.66. The lowest BCUT2D eigenvalue weighted by atomic mass is 9.78. The molecular weight excluding hydrogens is 220 g/mol. The minimum Gasteiger partial charge on any atom is -0.317 e. The van der Waals surface area contributed by atoms with Crippen molar-refractivity contribution in [3.63, 3.8) is 0 Å². The highest BCUT2D eigenvalue weighted by Crippen LogP contribution is 2.32. The Hall–Kier alpha value is -1.41. The summed E-state index contributed by atoms with van der Waals surface area (Å²) in [6, 6.07) is 11.1. The molecular formula is C16H22N2. The molecule has 1 unspecified atom stereocenters. The highest BCUT2D eigenvalue weighted by atomic mass is 14.9. The maximum Gasteiger partial charge on any atom is 0.0739 e. The van der Waals surface area contributed by atoms with Crippen molar-refractivity contribution in [3.05, 3.63) is 42.1 Å². The number of nitrogens with zero attached hydrogens (tertiary/aromatic N) is 1. The van der Waals surface area contributed by atoms with Crippen LogP contribution in [0.2, 0.25) is 0 Å². The van der Waals surface area contributed by atoms with Gasteiger partial charge in [-0.15, -0.1) is 0 Å². The van der Waals surface area contributed by atoms with Crippen molar-refractivity contribution < 1.29 is 0 Å². The predicted octanol–water partition coefficient (Wildman–Crippen LogP) is 3.51. The minimum atomic E-state index is 0.121. The second kappa shape index (κ2) is 5.07. The van der Waals surface area contributed by atoms with Gasteiger partial charge in [-0.1, -0.05) is 38.1 Å². The van der Waals surface area contributed by atoms with Gasteiger partial charge in [-0.2, -0.15) is 0 Å². The van der Waals surface area contributed by atoms with E-state index < -0.39 is 0 Å². The molecule has 1 aromatic heterocycles. The van der Waals surface area contributed by atoms with Crippen LogP contribution < -0.4 is 5.32 Å². The molecule has 18 heavy (non-hydrogen) atoms. The van der Waals surface area contributed by atoms with Gasteiger partial charge in [0.15, 0.2) is 0 Å². The average molecular weight is 242 g/mol. The van der Waals surface area contributed by atoms with Crippen LogP contribution in [0.15, 0.2) is 36.5 Å². The lowest BCUT2D eigenvalue weighted by molar-refractivity contribution is 0.407. The van der Waals surface area contributed by atoms with Gasteiger partial charge >= 0.3 is 0 Å². The minimum absolute atomic E-state index is 0.121. The number of rotatable bonds is 4. The van der Waals surface area contributed by atoms with Gasteiger partial charge in [0, 0.05) is 17.6 Å². The Morgan fingerprint density at radius 1 is 1.22 bits per heavy atom. The van der Waals surface area contributed by atoms with Crippen LogP contribution in [0.4, 0.5) is 0 Å². The van der Waals surface area contributed by atoms with Crippen molar-refractivity contribution in [2.75, 3.05) is 7.05 Å². The molecule has 2 aromatic rings. The third-order valence-electron chi connectivity index (χ3n) is 3.67. The van der Waals surface area contributed by atoms with Crippen LogP contribution in [0.3, 0.4) is 0 Å². The Labute approximate surface area is 109 Å². The number of aromatic nitrogens is 1. The fourth-order valence-corrected chi connectivity index (χ4v) is 2.63. The number of benzene rings is 1. The summed E-state index contributed by atoms with van der Waals surface area (Å²) in [5.41, 5.74) is 2.59. The topological polar surface area (TPSA) is 24.9 Å². The van der Waals surface area contributed by atoms with E-state index >= 15 is 0 Å². The molecule has 0 saturated carbocycles. The molecule has 0 radical (unpaired) electrons. The first-order valence-electron chi connectivity index (χ1n) is 6.56. The smallest absolute Gasteiger partial charge is 0.0739 e. The number of hydrogen-bond donors (Lipinski definition) is 1. The summed E-state index contributed by atoms with van der Waals surface area (Å²) in [6.45, 7) is 6.81. The SMILES string of the molecule is CNC(C)CC(C)(C)c1cccc2cccnc12. The summed E-state index contributed by atoms with van der Waals surface area (Å²) in [4.78, 5) is 4.56. The third-order valence-corrected chi connectivity index (χ3v) is 3.67. The fourth-order valence-electron chi connectivity index (χ4n) is 2.63. The van der Waals surface area contributed by atoms with Gasteiger partial charge in [-0.05, 0) is 37.4 Å². The third kappa shape index (κ3) is 2.54. The van der Waals surface area contributed by atoms with Crippen molar-refractivity contribution >= 4 is 10.9 Å². The molecule has 1 heterocycles. The lowest BCUT2D eigenvalue weighted by Crippen LogP contribution is -2.31. The Morgan fingerprint density at radius 2 is 1.94 bits per heavy atom. The standard InChI is InChI=1S/C16H22N2/c1-12(17-4)11-16(2,3)14-9-5-7-13-8-6-10-18-15(13)14/h5-10,12,17H,11H2,1-4H3. The van der Waals surface area contributed by atoms with Crippen molar-refractivity contribution in [2.24, 2.45) is 0 Å². The Kier molecular flexibility index (Phi) is 3.67. The van der Waals surface area contributed by atoms with Crippen LogP contribution in [0.5, 0.6) is 0 Å². The van der Waals surface area contributed by atoms with E-state index in [2.05, 4.69) is 55.3 Å². The highest BCUT2D eigenvalue weighted by molar-refractivity contribution is 5.82. The summed E-state index contributed by atoms with van der Waals surface area (Å²) in [5, 5.41) is 4.54. The maximum atomic E-state index is 4.56. The van der Waals surface area contributed by atoms with E-state index in [1.165, 1.54) is 10.9 Å². The van der Waals surface area contributed by atoms with Crippen LogP contribution >= 0.6 is 0 Å². The summed E-state index contributed by atoms with van der Waals surface area (Å²) in [7, 11) is 2.02. The quantitative estimate of drug-likeness (QED) is 0.887. The summed E-state index contributed by atoms with van der Waals surface area (Å²) >= 11 is 0. The molecule has 96 valence electrons. The van der Waals surface area contributed by atoms with Crippen LogP contribution in [-0.2, 0) is 5.41 Å². The van der Waals surface area contributed by atoms with Crippen molar-refractivity contribution in [2.45, 2.75) is 38.6 Å². The Balaban J connectivity index is 2.46. The van der Waals surface area contributed by atoms with Gasteiger partial charge in [0.25, 0.3) is 0 Å². The zero-order valence-electron chi connectivity index (χ0n) is 11.7. The monoisotopic (exact) mass is 242 g/mol. The molecule has 0 spiro atoms. The van der Waals surface area contributed by atoms with Gasteiger partial charge in [0.05, 0.1) is 5.52 Å². The van der Waals surface area contributed by atoms with Crippen LogP contribution in [0, 0.1) is 0 Å². The zero-order chi connectivity index (χ0) is 13.2. The highest BCUT2D eigenvalue weighted by Gasteiger charge is 2.25. The largest absolute Gasteiger partial charge is 0.317 e. The summed E-state index contributed by atoms with van der Waals surface area (Å²) < 4.78 is 0. The van der Waals surface area contributed by atoms with Gasteiger partial charge < -0.3 is 5.32 Å². The predicted molar refractivity (Wildman–Crippen MR) is 77.9 cm³/mol. The first-order valence-corrected chi connectivity index (χ1v) is 6.56. The van der Waals surface area contributed by atoms with Crippen LogP contribution in [-0.4, -0.2) is 18.1 Å². The van der Waals surface area contributed by atoms with E-state index in [9.17, 15) is 0 Å². The number of nitrogens with one attached hydrogen (secondary N) is 1. The molecule has 2 heteroatoms. The lowest BCUT2D eigenvalue weighted by Gasteiger charge is -2.29. The van der Waals surface area contributed by atoms with Crippen LogP contribution in [0.25, 0.3) is 10.9 Å². The first kappa shape index (κ1) is 13.0. The van der Waals surface area contributed by atoms with E-state index in [1.807, 2.05) is 19.3 Å². The Bertz CT molecular complexity index is 526. The normalized spacial score (nSPS) is 13.8. The summed E-state index contributed by atoms with van der Waals surface area (Å²) in [6.07, 6.45) is 2.97. The van der Waals surface area contributed by atoms with E-state index in [1.54, 1.807) is 0 Å². The second-order valence-corrected chi connectivity index (χ2v) is 5.66. The maximum absolute atomic E-state index is 4.56. The molecule has 1 atom stereocenters. The van der Waals surface area contributed by atoms with Crippen LogP contribution in [0.1, 0.15) is 32.8 Å². The molecule has 2 rings (SSSR count). The van der Waals surface area contributed by atoms with Crippen molar-refractivity contribution in [1.82, 2.24) is 10.3 Å². The van der Waals surface area contributed by atoms with E-state index in [0.717, 1.165) is 11.9 Å². The summed E-state index contributed by atoms with van der Waals surface area (Å²) in [5.74, 6) is 0. The molecule has 0 amide bonds. The van der Waals surface area contributed by atoms with E-state index in [0.29, 0.717) is 6.04 Å². The molecule has 0 aliphatic rings. The van der Waals surface area contributed by atoms with E-state index in [-0.39, 0.29) is 5.41 Å². The molecule has 0 aliphatic carbocycles.